The van der Waals surface area contributed by atoms with Gasteiger partial charge in [0.1, 0.15) is 0 Å². The molecule has 0 radical (unpaired) electrons. The maximum Gasteiger partial charge on any atom is 0.0406 e. The topological polar surface area (TPSA) is 0 Å². The average molecular weight is 411 g/mol. The smallest absolute Gasteiger partial charge is 0.0406 e. The molecular formula is C16H23Br2Cl. The van der Waals surface area contributed by atoms with Crippen LogP contribution in [0.5, 0.6) is 0 Å². The molecule has 0 saturated carbocycles. The van der Waals surface area contributed by atoms with Crippen molar-refractivity contribution in [3.63, 3.8) is 0 Å². The van der Waals surface area contributed by atoms with Crippen LogP contribution in [0, 0.1) is 0 Å². The van der Waals surface area contributed by atoms with E-state index in [2.05, 4.69) is 50.9 Å². The third kappa shape index (κ3) is 5.40. The van der Waals surface area contributed by atoms with Crippen LogP contribution < -0.4 is 0 Å². The Kier molecular flexibility index (Phi) is 8.68. The van der Waals surface area contributed by atoms with Crippen molar-refractivity contribution < 1.29 is 0 Å². The van der Waals surface area contributed by atoms with E-state index in [4.69, 9.17) is 11.6 Å². The lowest BCUT2D eigenvalue weighted by molar-refractivity contribution is 0.463. The summed E-state index contributed by atoms with van der Waals surface area (Å²) in [6.07, 6.45) is 7.87. The zero-order valence-electron chi connectivity index (χ0n) is 11.6. The van der Waals surface area contributed by atoms with Crippen LogP contribution in [-0.4, -0.2) is 10.7 Å². The molecule has 3 heteroatoms. The van der Waals surface area contributed by atoms with E-state index in [9.17, 15) is 0 Å². The van der Waals surface area contributed by atoms with Gasteiger partial charge in [-0.15, -0.1) is 0 Å². The number of unbranched alkanes of at least 4 members (excludes halogenated alkanes) is 4. The summed E-state index contributed by atoms with van der Waals surface area (Å²) in [5.41, 5.74) is 1.57. The maximum absolute atomic E-state index is 5.99. The highest BCUT2D eigenvalue weighted by molar-refractivity contribution is 9.09. The molecule has 0 fully saturated rings. The lowest BCUT2D eigenvalue weighted by Gasteiger charge is -2.31. The Balaban J connectivity index is 2.65. The zero-order valence-corrected chi connectivity index (χ0v) is 15.5. The van der Waals surface area contributed by atoms with Crippen molar-refractivity contribution >= 4 is 43.5 Å². The molecule has 1 aromatic carbocycles. The molecule has 0 unspecified atom stereocenters. The van der Waals surface area contributed by atoms with Crippen LogP contribution in [0.3, 0.4) is 0 Å². The zero-order chi connectivity index (χ0) is 14.1. The van der Waals surface area contributed by atoms with Gasteiger partial charge in [-0.1, -0.05) is 94.6 Å². The van der Waals surface area contributed by atoms with Crippen LogP contribution in [0.25, 0.3) is 0 Å². The highest BCUT2D eigenvalue weighted by atomic mass is 79.9. The molecule has 0 bridgehead atoms. The predicted molar refractivity (Wildman–Crippen MR) is 94.1 cm³/mol. The van der Waals surface area contributed by atoms with Gasteiger partial charge in [0, 0.05) is 21.1 Å². The van der Waals surface area contributed by atoms with Gasteiger partial charge in [-0.05, 0) is 24.1 Å². The van der Waals surface area contributed by atoms with E-state index in [0.717, 1.165) is 15.7 Å². The first-order valence-corrected chi connectivity index (χ1v) is 9.68. The quantitative estimate of drug-likeness (QED) is 0.313. The molecule has 0 aliphatic carbocycles. The van der Waals surface area contributed by atoms with Crippen LogP contribution in [0.4, 0.5) is 0 Å². The second-order valence-electron chi connectivity index (χ2n) is 5.22. The van der Waals surface area contributed by atoms with Crippen molar-refractivity contribution in [2.45, 2.75) is 50.9 Å². The molecule has 0 nitrogen and oxygen atoms in total. The summed E-state index contributed by atoms with van der Waals surface area (Å²) < 4.78 is 0. The number of hydrogen-bond acceptors (Lipinski definition) is 0. The molecule has 0 heterocycles. The Labute approximate surface area is 139 Å². The highest BCUT2D eigenvalue weighted by Gasteiger charge is 2.29. The van der Waals surface area contributed by atoms with Crippen LogP contribution in [0.2, 0.25) is 5.02 Å². The maximum atomic E-state index is 5.99. The van der Waals surface area contributed by atoms with Gasteiger partial charge in [0.15, 0.2) is 0 Å². The third-order valence-corrected chi connectivity index (χ3v) is 6.13. The first kappa shape index (κ1) is 17.5. The minimum absolute atomic E-state index is 0.191. The molecule has 0 N–H and O–H groups in total. The molecule has 0 spiro atoms. The van der Waals surface area contributed by atoms with E-state index in [0.29, 0.717) is 0 Å². The lowest BCUT2D eigenvalue weighted by Crippen LogP contribution is -2.30. The fourth-order valence-corrected chi connectivity index (χ4v) is 4.60. The van der Waals surface area contributed by atoms with Crippen molar-refractivity contribution in [1.82, 2.24) is 0 Å². The molecule has 0 saturated heterocycles. The Bertz CT molecular complexity index is 344. The van der Waals surface area contributed by atoms with Crippen molar-refractivity contribution in [1.29, 1.82) is 0 Å². The molecule has 0 aliphatic heterocycles. The van der Waals surface area contributed by atoms with Gasteiger partial charge in [-0.2, -0.15) is 0 Å². The first-order valence-electron chi connectivity index (χ1n) is 7.06. The number of rotatable bonds is 9. The fourth-order valence-electron chi connectivity index (χ4n) is 2.34. The van der Waals surface area contributed by atoms with Crippen LogP contribution >= 0.6 is 43.5 Å². The minimum Gasteiger partial charge on any atom is -0.0918 e. The van der Waals surface area contributed by atoms with E-state index in [1.54, 1.807) is 0 Å². The van der Waals surface area contributed by atoms with Crippen molar-refractivity contribution in [3.8, 4) is 0 Å². The summed E-state index contributed by atoms with van der Waals surface area (Å²) in [5, 5.41) is 2.78. The molecule has 1 aromatic rings. The summed E-state index contributed by atoms with van der Waals surface area (Å²) in [5.74, 6) is 0. The molecule has 0 aromatic heterocycles. The Morgan fingerprint density at radius 3 is 2.05 bits per heavy atom. The molecule has 108 valence electrons. The highest BCUT2D eigenvalue weighted by Crippen LogP contribution is 2.35. The van der Waals surface area contributed by atoms with Gasteiger partial charge in [0.05, 0.1) is 0 Å². The standard InChI is InChI=1S/C16H23Br2Cl/c1-2-3-4-5-6-11-16(12-17,13-18)14-7-9-15(19)10-8-14/h7-10H,2-6,11-13H2,1H3. The van der Waals surface area contributed by atoms with E-state index in [-0.39, 0.29) is 5.41 Å². The van der Waals surface area contributed by atoms with Crippen LogP contribution in [0.1, 0.15) is 51.0 Å². The largest absolute Gasteiger partial charge is 0.0918 e. The predicted octanol–water partition coefficient (Wildman–Crippen LogP) is 6.73. The van der Waals surface area contributed by atoms with Crippen molar-refractivity contribution in [2.24, 2.45) is 0 Å². The summed E-state index contributed by atoms with van der Waals surface area (Å²) in [7, 11) is 0. The van der Waals surface area contributed by atoms with Gasteiger partial charge >= 0.3 is 0 Å². The Morgan fingerprint density at radius 1 is 0.947 bits per heavy atom. The summed E-state index contributed by atoms with van der Waals surface area (Å²) in [6.45, 7) is 2.26. The van der Waals surface area contributed by atoms with Gasteiger partial charge < -0.3 is 0 Å². The molecule has 1 rings (SSSR count). The SMILES string of the molecule is CCCCCCCC(CBr)(CBr)c1ccc(Cl)cc1. The number of alkyl halides is 2. The normalized spacial score (nSPS) is 11.8. The van der Waals surface area contributed by atoms with Crippen molar-refractivity contribution in [2.75, 3.05) is 10.7 Å². The van der Waals surface area contributed by atoms with Crippen LogP contribution in [0.15, 0.2) is 24.3 Å². The van der Waals surface area contributed by atoms with E-state index < -0.39 is 0 Å². The van der Waals surface area contributed by atoms with E-state index in [1.165, 1.54) is 44.1 Å². The summed E-state index contributed by atoms with van der Waals surface area (Å²) in [4.78, 5) is 0. The monoisotopic (exact) mass is 408 g/mol. The van der Waals surface area contributed by atoms with Crippen LogP contribution in [-0.2, 0) is 5.41 Å². The van der Waals surface area contributed by atoms with Gasteiger partial charge in [-0.3, -0.25) is 0 Å². The number of hydrogen-bond donors (Lipinski definition) is 0. The number of benzene rings is 1. The molecule has 0 atom stereocenters. The first-order chi connectivity index (χ1) is 9.18. The molecular weight excluding hydrogens is 387 g/mol. The van der Waals surface area contributed by atoms with Gasteiger partial charge in [-0.25, -0.2) is 0 Å². The Hall–Kier alpha value is 0.470. The van der Waals surface area contributed by atoms with E-state index >= 15 is 0 Å². The van der Waals surface area contributed by atoms with Gasteiger partial charge in [0.2, 0.25) is 0 Å². The Morgan fingerprint density at radius 2 is 1.53 bits per heavy atom. The lowest BCUT2D eigenvalue weighted by atomic mass is 9.80. The summed E-state index contributed by atoms with van der Waals surface area (Å²) in [6, 6.07) is 8.32. The molecule has 0 aliphatic rings. The second kappa shape index (κ2) is 9.41. The number of halogens is 3. The summed E-state index contributed by atoms with van der Waals surface area (Å²) >= 11 is 13.4. The second-order valence-corrected chi connectivity index (χ2v) is 6.78. The van der Waals surface area contributed by atoms with Crippen molar-refractivity contribution in [3.05, 3.63) is 34.9 Å². The molecule has 19 heavy (non-hydrogen) atoms. The fraction of sp³-hybridized carbons (Fsp3) is 0.625. The third-order valence-electron chi connectivity index (χ3n) is 3.73. The minimum atomic E-state index is 0.191. The average Bonchev–Trinajstić information content (AvgIpc) is 2.45. The van der Waals surface area contributed by atoms with Gasteiger partial charge in [0.25, 0.3) is 0 Å². The molecule has 0 amide bonds. The van der Waals surface area contributed by atoms with E-state index in [1.807, 2.05) is 12.1 Å².